The average molecular weight is 229 g/mol. The number of para-hydroxylation sites is 1. The summed E-state index contributed by atoms with van der Waals surface area (Å²) in [7, 11) is 0. The predicted molar refractivity (Wildman–Crippen MR) is 70.1 cm³/mol. The van der Waals surface area contributed by atoms with Crippen molar-refractivity contribution >= 4 is 11.0 Å². The van der Waals surface area contributed by atoms with Crippen LogP contribution in [0.1, 0.15) is 37.1 Å². The molecule has 1 saturated carbocycles. The monoisotopic (exact) mass is 229 g/mol. The molecule has 90 valence electrons. The van der Waals surface area contributed by atoms with Gasteiger partial charge in [-0.2, -0.15) is 0 Å². The van der Waals surface area contributed by atoms with Gasteiger partial charge >= 0.3 is 0 Å². The fraction of sp³-hybridized carbons (Fsp3) is 0.467. The van der Waals surface area contributed by atoms with Crippen LogP contribution in [0.3, 0.4) is 0 Å². The van der Waals surface area contributed by atoms with E-state index in [2.05, 4.69) is 43.4 Å². The van der Waals surface area contributed by atoms with Crippen LogP contribution in [0, 0.1) is 12.8 Å². The zero-order valence-corrected chi connectivity index (χ0v) is 10.5. The second-order valence-corrected chi connectivity index (χ2v) is 5.01. The van der Waals surface area contributed by atoms with Crippen LogP contribution in [-0.4, -0.2) is 6.54 Å². The molecule has 0 spiro atoms. The number of furan rings is 1. The highest BCUT2D eigenvalue weighted by Crippen LogP contribution is 2.42. The molecule has 1 aromatic heterocycles. The molecule has 1 aliphatic rings. The number of rotatable bonds is 4. The molecule has 0 aliphatic heterocycles. The van der Waals surface area contributed by atoms with Gasteiger partial charge in [0.05, 0.1) is 6.04 Å². The Balaban J connectivity index is 2.01. The molecule has 2 heteroatoms. The van der Waals surface area contributed by atoms with E-state index in [1.165, 1.54) is 23.8 Å². The predicted octanol–water partition coefficient (Wildman–Crippen LogP) is 3.80. The Bertz CT molecular complexity index is 525. The first-order valence-electron chi connectivity index (χ1n) is 6.52. The summed E-state index contributed by atoms with van der Waals surface area (Å²) in [5.41, 5.74) is 2.27. The topological polar surface area (TPSA) is 25.2 Å². The number of benzene rings is 1. The van der Waals surface area contributed by atoms with Crippen molar-refractivity contribution in [2.75, 3.05) is 6.54 Å². The highest BCUT2D eigenvalue weighted by Gasteiger charge is 2.33. The Labute approximate surface area is 102 Å². The van der Waals surface area contributed by atoms with Gasteiger partial charge in [0.1, 0.15) is 11.3 Å². The first-order chi connectivity index (χ1) is 8.29. The van der Waals surface area contributed by atoms with Crippen LogP contribution in [0.25, 0.3) is 11.0 Å². The van der Waals surface area contributed by atoms with Gasteiger partial charge in [0.2, 0.25) is 0 Å². The van der Waals surface area contributed by atoms with E-state index in [9.17, 15) is 0 Å². The molecule has 0 amide bonds. The largest absolute Gasteiger partial charge is 0.459 e. The second kappa shape index (κ2) is 4.19. The minimum atomic E-state index is 0.409. The molecule has 0 saturated heterocycles. The normalized spacial score (nSPS) is 17.5. The highest BCUT2D eigenvalue weighted by atomic mass is 16.3. The average Bonchev–Trinajstić information content (AvgIpc) is 3.05. The first-order valence-corrected chi connectivity index (χ1v) is 6.52. The Hall–Kier alpha value is -1.28. The van der Waals surface area contributed by atoms with Crippen LogP contribution in [0.2, 0.25) is 0 Å². The Morgan fingerprint density at radius 2 is 2.24 bits per heavy atom. The van der Waals surface area contributed by atoms with E-state index in [4.69, 9.17) is 4.42 Å². The van der Waals surface area contributed by atoms with E-state index < -0.39 is 0 Å². The molecule has 1 aromatic carbocycles. The maximum Gasteiger partial charge on any atom is 0.137 e. The smallest absolute Gasteiger partial charge is 0.137 e. The molecular weight excluding hydrogens is 210 g/mol. The summed E-state index contributed by atoms with van der Waals surface area (Å²) in [6.07, 6.45) is 2.65. The van der Waals surface area contributed by atoms with Crippen molar-refractivity contribution in [2.24, 2.45) is 5.92 Å². The molecule has 17 heavy (non-hydrogen) atoms. The Morgan fingerprint density at radius 3 is 2.88 bits per heavy atom. The van der Waals surface area contributed by atoms with Crippen molar-refractivity contribution in [3.63, 3.8) is 0 Å². The molecule has 1 atom stereocenters. The van der Waals surface area contributed by atoms with Crippen LogP contribution in [0.4, 0.5) is 0 Å². The van der Waals surface area contributed by atoms with Crippen LogP contribution in [0.5, 0.6) is 0 Å². The third-order valence-electron chi connectivity index (χ3n) is 3.58. The Morgan fingerprint density at radius 1 is 1.41 bits per heavy atom. The van der Waals surface area contributed by atoms with Gasteiger partial charge in [0.15, 0.2) is 0 Å². The number of fused-ring (bicyclic) bond motifs is 1. The third kappa shape index (κ3) is 1.98. The van der Waals surface area contributed by atoms with Crippen molar-refractivity contribution in [3.05, 3.63) is 35.6 Å². The van der Waals surface area contributed by atoms with Crippen molar-refractivity contribution in [1.29, 1.82) is 0 Å². The zero-order chi connectivity index (χ0) is 11.8. The van der Waals surface area contributed by atoms with Gasteiger partial charge in [0.25, 0.3) is 0 Å². The number of aryl methyl sites for hydroxylation is 1. The summed E-state index contributed by atoms with van der Waals surface area (Å²) < 4.78 is 6.05. The van der Waals surface area contributed by atoms with Gasteiger partial charge in [-0.25, -0.2) is 0 Å². The summed E-state index contributed by atoms with van der Waals surface area (Å²) in [6.45, 7) is 5.26. The molecule has 1 heterocycles. The number of hydrogen-bond donors (Lipinski definition) is 1. The molecule has 1 aliphatic carbocycles. The zero-order valence-electron chi connectivity index (χ0n) is 10.5. The standard InChI is InChI=1S/C15H19NO/c1-3-16-14(11-7-8-11)13-9-12-6-4-5-10(2)15(12)17-13/h4-6,9,11,14,16H,3,7-8H2,1-2H3. The number of nitrogens with one attached hydrogen (secondary N) is 1. The lowest BCUT2D eigenvalue weighted by Gasteiger charge is -2.13. The minimum absolute atomic E-state index is 0.409. The van der Waals surface area contributed by atoms with Gasteiger partial charge in [0, 0.05) is 5.39 Å². The quantitative estimate of drug-likeness (QED) is 0.862. The van der Waals surface area contributed by atoms with Crippen LogP contribution < -0.4 is 5.32 Å². The molecule has 0 radical (unpaired) electrons. The van der Waals surface area contributed by atoms with E-state index in [0.717, 1.165) is 23.8 Å². The van der Waals surface area contributed by atoms with Crippen molar-refractivity contribution in [1.82, 2.24) is 5.32 Å². The van der Waals surface area contributed by atoms with Gasteiger partial charge in [-0.1, -0.05) is 25.1 Å². The fourth-order valence-corrected chi connectivity index (χ4v) is 2.53. The van der Waals surface area contributed by atoms with Crippen molar-refractivity contribution in [2.45, 2.75) is 32.7 Å². The summed E-state index contributed by atoms with van der Waals surface area (Å²) in [4.78, 5) is 0. The SMILES string of the molecule is CCNC(c1cc2cccc(C)c2o1)C1CC1. The van der Waals surface area contributed by atoms with E-state index in [-0.39, 0.29) is 0 Å². The van der Waals surface area contributed by atoms with Gasteiger partial charge in [-0.3, -0.25) is 0 Å². The summed E-state index contributed by atoms with van der Waals surface area (Å²) in [5, 5.41) is 4.77. The summed E-state index contributed by atoms with van der Waals surface area (Å²) in [6, 6.07) is 8.94. The Kier molecular flexibility index (Phi) is 2.67. The van der Waals surface area contributed by atoms with Gasteiger partial charge < -0.3 is 9.73 Å². The number of hydrogen-bond acceptors (Lipinski definition) is 2. The summed E-state index contributed by atoms with van der Waals surface area (Å²) >= 11 is 0. The summed E-state index contributed by atoms with van der Waals surface area (Å²) in [5.74, 6) is 1.88. The van der Waals surface area contributed by atoms with Crippen LogP contribution in [0.15, 0.2) is 28.7 Å². The van der Waals surface area contributed by atoms with E-state index in [1.807, 2.05) is 0 Å². The van der Waals surface area contributed by atoms with Gasteiger partial charge in [-0.15, -0.1) is 0 Å². The maximum absolute atomic E-state index is 6.05. The highest BCUT2D eigenvalue weighted by molar-refractivity contribution is 5.81. The minimum Gasteiger partial charge on any atom is -0.459 e. The fourth-order valence-electron chi connectivity index (χ4n) is 2.53. The lowest BCUT2D eigenvalue weighted by Crippen LogP contribution is -2.21. The maximum atomic E-state index is 6.05. The molecule has 3 rings (SSSR count). The third-order valence-corrected chi connectivity index (χ3v) is 3.58. The van der Waals surface area contributed by atoms with E-state index in [0.29, 0.717) is 6.04 Å². The first kappa shape index (κ1) is 10.8. The van der Waals surface area contributed by atoms with E-state index >= 15 is 0 Å². The van der Waals surface area contributed by atoms with E-state index in [1.54, 1.807) is 0 Å². The van der Waals surface area contributed by atoms with Crippen molar-refractivity contribution in [3.8, 4) is 0 Å². The van der Waals surface area contributed by atoms with Crippen molar-refractivity contribution < 1.29 is 4.42 Å². The van der Waals surface area contributed by atoms with Crippen LogP contribution >= 0.6 is 0 Å². The molecule has 1 unspecified atom stereocenters. The molecular formula is C15H19NO. The molecule has 1 N–H and O–H groups in total. The lowest BCUT2D eigenvalue weighted by molar-refractivity contribution is 0.403. The lowest BCUT2D eigenvalue weighted by atomic mass is 10.1. The van der Waals surface area contributed by atoms with Crippen LogP contribution in [-0.2, 0) is 0 Å². The molecule has 2 aromatic rings. The molecule has 0 bridgehead atoms. The molecule has 1 fully saturated rings. The second-order valence-electron chi connectivity index (χ2n) is 5.01. The molecule has 2 nitrogen and oxygen atoms in total. The van der Waals surface area contributed by atoms with Gasteiger partial charge in [-0.05, 0) is 43.9 Å².